The van der Waals surface area contributed by atoms with Gasteiger partial charge >= 0.3 is 0 Å². The van der Waals surface area contributed by atoms with Crippen molar-refractivity contribution in [3.05, 3.63) is 40.2 Å². The van der Waals surface area contributed by atoms with Crippen LogP contribution in [0.25, 0.3) is 10.9 Å². The molecule has 0 saturated heterocycles. The summed E-state index contributed by atoms with van der Waals surface area (Å²) in [5.41, 5.74) is 0.0247. The van der Waals surface area contributed by atoms with E-state index < -0.39 is 11.5 Å². The number of aryl methyl sites for hydroxylation is 1. The number of carbonyl (C=O) groups is 1. The second-order valence-electron chi connectivity index (χ2n) is 5.98. The average molecular weight is 400 g/mol. The molecule has 4 N–H and O–H groups in total. The van der Waals surface area contributed by atoms with Crippen LogP contribution in [0.15, 0.2) is 29.1 Å². The van der Waals surface area contributed by atoms with Gasteiger partial charge in [-0.05, 0) is 31.6 Å². The molecule has 1 heterocycles. The Hall–Kier alpha value is -2.09. The maximum atomic E-state index is 12.8. The van der Waals surface area contributed by atoms with Gasteiger partial charge in [-0.25, -0.2) is 0 Å². The largest absolute Gasteiger partial charge is 0.506 e. The normalized spacial score (nSPS) is 10.4. The van der Waals surface area contributed by atoms with Crippen LogP contribution in [0.2, 0.25) is 0 Å². The highest BCUT2D eigenvalue weighted by molar-refractivity contribution is 6.02. The van der Waals surface area contributed by atoms with Crippen molar-refractivity contribution in [1.82, 2.24) is 14.8 Å². The third-order valence-corrected chi connectivity index (χ3v) is 4.43. The lowest BCUT2D eigenvalue weighted by Crippen LogP contribution is -2.38. The second-order valence-corrected chi connectivity index (χ2v) is 5.98. The van der Waals surface area contributed by atoms with Crippen molar-refractivity contribution in [3.63, 3.8) is 0 Å². The van der Waals surface area contributed by atoms with E-state index in [0.29, 0.717) is 30.5 Å². The van der Waals surface area contributed by atoms with Crippen LogP contribution < -0.4 is 10.9 Å². The molecule has 1 amide bonds. The summed E-state index contributed by atoms with van der Waals surface area (Å²) >= 11 is 0. The predicted octanol–water partition coefficient (Wildman–Crippen LogP) is 1.79. The third-order valence-electron chi connectivity index (χ3n) is 4.43. The predicted molar refractivity (Wildman–Crippen MR) is 111 cm³/mol. The number of pyridine rings is 1. The van der Waals surface area contributed by atoms with Crippen LogP contribution in [0.1, 0.15) is 37.6 Å². The maximum Gasteiger partial charge on any atom is 0.267 e. The zero-order valence-electron chi connectivity index (χ0n) is 16.1. The first-order valence-electron chi connectivity index (χ1n) is 8.90. The van der Waals surface area contributed by atoms with Crippen molar-refractivity contribution < 1.29 is 15.4 Å². The molecule has 152 valence electrons. The van der Waals surface area contributed by atoms with Gasteiger partial charge in [0.05, 0.1) is 5.52 Å². The van der Waals surface area contributed by atoms with Crippen molar-refractivity contribution in [2.45, 2.75) is 33.7 Å². The van der Waals surface area contributed by atoms with Crippen molar-refractivity contribution in [3.8, 4) is 5.75 Å². The Bertz CT molecular complexity index is 803. The summed E-state index contributed by atoms with van der Waals surface area (Å²) in [5, 5.41) is 13.8. The number of fused-ring (bicyclic) bond motifs is 1. The minimum absolute atomic E-state index is 0. The Balaban J connectivity index is 0.00000338. The Kier molecular flexibility index (Phi) is 10.7. The first-order valence-corrected chi connectivity index (χ1v) is 8.90. The van der Waals surface area contributed by atoms with E-state index in [9.17, 15) is 14.7 Å². The van der Waals surface area contributed by atoms with Crippen LogP contribution in [-0.4, -0.2) is 52.1 Å². The van der Waals surface area contributed by atoms with Crippen LogP contribution >= 0.6 is 12.4 Å². The molecule has 1 aromatic carbocycles. The highest BCUT2D eigenvalue weighted by Gasteiger charge is 2.21. The van der Waals surface area contributed by atoms with Gasteiger partial charge in [-0.3, -0.25) is 9.59 Å². The van der Waals surface area contributed by atoms with Gasteiger partial charge < -0.3 is 25.4 Å². The molecule has 0 unspecified atom stereocenters. The molecule has 2 rings (SSSR count). The fourth-order valence-electron chi connectivity index (χ4n) is 3.00. The van der Waals surface area contributed by atoms with Crippen molar-refractivity contribution in [2.24, 2.45) is 0 Å². The Morgan fingerprint density at radius 2 is 1.81 bits per heavy atom. The molecule has 0 saturated carbocycles. The van der Waals surface area contributed by atoms with Gasteiger partial charge in [0.15, 0.2) is 0 Å². The van der Waals surface area contributed by atoms with Gasteiger partial charge in [-0.1, -0.05) is 32.9 Å². The SMILES string of the molecule is CCCn1c(=O)c(C(=O)NCCN(CC)CC)c(O)c2ccccc21.Cl.O. The average Bonchev–Trinajstić information content (AvgIpc) is 2.62. The molecule has 7 nitrogen and oxygen atoms in total. The second kappa shape index (κ2) is 11.6. The Morgan fingerprint density at radius 1 is 1.19 bits per heavy atom. The summed E-state index contributed by atoms with van der Waals surface area (Å²) in [6.45, 7) is 9.52. The first kappa shape index (κ1) is 24.9. The maximum absolute atomic E-state index is 12.8. The van der Waals surface area contributed by atoms with Crippen LogP contribution in [-0.2, 0) is 6.54 Å². The zero-order valence-corrected chi connectivity index (χ0v) is 16.9. The third kappa shape index (κ3) is 5.45. The number of hydrogen-bond donors (Lipinski definition) is 2. The Labute approximate surface area is 165 Å². The molecule has 0 aliphatic carbocycles. The Morgan fingerprint density at radius 3 is 2.41 bits per heavy atom. The lowest BCUT2D eigenvalue weighted by atomic mass is 10.1. The van der Waals surface area contributed by atoms with Crippen LogP contribution in [0.3, 0.4) is 0 Å². The number of nitrogens with zero attached hydrogens (tertiary/aromatic N) is 2. The number of nitrogens with one attached hydrogen (secondary N) is 1. The number of aromatic hydroxyl groups is 1. The smallest absolute Gasteiger partial charge is 0.267 e. The number of rotatable bonds is 8. The van der Waals surface area contributed by atoms with Gasteiger partial charge in [0.25, 0.3) is 11.5 Å². The van der Waals surface area contributed by atoms with E-state index in [1.54, 1.807) is 22.8 Å². The lowest BCUT2D eigenvalue weighted by Gasteiger charge is -2.18. The summed E-state index contributed by atoms with van der Waals surface area (Å²) in [5.74, 6) is -0.765. The number of carbonyl (C=O) groups excluding carboxylic acids is 1. The van der Waals surface area contributed by atoms with E-state index in [4.69, 9.17) is 0 Å². The van der Waals surface area contributed by atoms with Crippen LogP contribution in [0.5, 0.6) is 5.75 Å². The van der Waals surface area contributed by atoms with Gasteiger partial charge in [-0.2, -0.15) is 0 Å². The summed E-state index contributed by atoms with van der Waals surface area (Å²) in [6.07, 6.45) is 0.762. The number of hydrogen-bond acceptors (Lipinski definition) is 4. The molecular weight excluding hydrogens is 370 g/mol. The quantitative estimate of drug-likeness (QED) is 0.705. The fraction of sp³-hybridized carbons (Fsp3) is 0.474. The highest BCUT2D eigenvalue weighted by Crippen LogP contribution is 2.26. The molecule has 0 aliphatic heterocycles. The summed E-state index contributed by atoms with van der Waals surface area (Å²) in [4.78, 5) is 27.5. The molecule has 0 fully saturated rings. The topological polar surface area (TPSA) is 106 Å². The van der Waals surface area contributed by atoms with Crippen molar-refractivity contribution in [2.75, 3.05) is 26.2 Å². The molecule has 8 heteroatoms. The number of aromatic nitrogens is 1. The van der Waals surface area contributed by atoms with E-state index in [1.807, 2.05) is 13.0 Å². The van der Waals surface area contributed by atoms with E-state index in [-0.39, 0.29) is 29.2 Å². The van der Waals surface area contributed by atoms with Crippen LogP contribution in [0.4, 0.5) is 0 Å². The number of para-hydroxylation sites is 1. The summed E-state index contributed by atoms with van der Waals surface area (Å²) < 4.78 is 1.56. The minimum atomic E-state index is -0.523. The van der Waals surface area contributed by atoms with Gasteiger partial charge in [0.1, 0.15) is 11.3 Å². The molecule has 0 spiro atoms. The molecule has 1 aromatic heterocycles. The standard InChI is InChI=1S/C19H27N3O3.ClH.H2O/c1-4-12-22-15-10-8-7-9-14(15)17(23)16(19(22)25)18(24)20-11-13-21(5-2)6-3;;/h7-10,23H,4-6,11-13H2,1-3H3,(H,20,24);1H;1H2. The van der Waals surface area contributed by atoms with Gasteiger partial charge in [0, 0.05) is 25.0 Å². The van der Waals surface area contributed by atoms with Crippen molar-refractivity contribution in [1.29, 1.82) is 0 Å². The lowest BCUT2D eigenvalue weighted by molar-refractivity contribution is 0.0944. The van der Waals surface area contributed by atoms with E-state index >= 15 is 0 Å². The van der Waals surface area contributed by atoms with Gasteiger partial charge in [0.2, 0.25) is 0 Å². The minimum Gasteiger partial charge on any atom is -0.506 e. The molecule has 0 bridgehead atoms. The van der Waals surface area contributed by atoms with Crippen molar-refractivity contribution >= 4 is 29.2 Å². The molecule has 0 atom stereocenters. The van der Waals surface area contributed by atoms with E-state index in [1.165, 1.54) is 0 Å². The highest BCUT2D eigenvalue weighted by atomic mass is 35.5. The molecular formula is C19H30ClN3O4. The molecule has 0 aliphatic rings. The van der Waals surface area contributed by atoms with Crippen LogP contribution in [0, 0.1) is 0 Å². The number of halogens is 1. The number of likely N-dealkylation sites (N-methyl/N-ethyl adjacent to an activating group) is 1. The van der Waals surface area contributed by atoms with E-state index in [0.717, 1.165) is 19.5 Å². The first-order chi connectivity index (χ1) is 12.0. The fourth-order valence-corrected chi connectivity index (χ4v) is 3.00. The summed E-state index contributed by atoms with van der Waals surface area (Å²) in [6, 6.07) is 7.11. The summed E-state index contributed by atoms with van der Waals surface area (Å²) in [7, 11) is 0. The number of benzene rings is 1. The monoisotopic (exact) mass is 399 g/mol. The van der Waals surface area contributed by atoms with E-state index in [2.05, 4.69) is 24.1 Å². The zero-order chi connectivity index (χ0) is 18.4. The number of amides is 1. The molecule has 2 aromatic rings. The molecule has 0 radical (unpaired) electrons. The van der Waals surface area contributed by atoms with Gasteiger partial charge in [-0.15, -0.1) is 12.4 Å². The molecule has 27 heavy (non-hydrogen) atoms.